The van der Waals surface area contributed by atoms with Crippen molar-refractivity contribution in [1.82, 2.24) is 10.2 Å². The number of fused-ring (bicyclic) bond motifs is 1. The van der Waals surface area contributed by atoms with Crippen molar-refractivity contribution in [2.45, 2.75) is 26.5 Å². The first-order valence-electron chi connectivity index (χ1n) is 8.17. The van der Waals surface area contributed by atoms with Crippen LogP contribution in [0, 0.1) is 0 Å². The van der Waals surface area contributed by atoms with Gasteiger partial charge in [0.2, 0.25) is 0 Å². The highest BCUT2D eigenvalue weighted by atomic mass is 16.5. The summed E-state index contributed by atoms with van der Waals surface area (Å²) in [5.74, 6) is -1.18. The molecule has 3 rings (SSSR count). The van der Waals surface area contributed by atoms with Crippen molar-refractivity contribution in [2.24, 2.45) is 0 Å². The Morgan fingerprint density at radius 1 is 1.20 bits per heavy atom. The van der Waals surface area contributed by atoms with E-state index in [0.717, 1.165) is 22.6 Å². The second-order valence-electron chi connectivity index (χ2n) is 6.03. The summed E-state index contributed by atoms with van der Waals surface area (Å²) in [6.07, 6.45) is 1.97. The zero-order valence-electron chi connectivity index (χ0n) is 14.5. The van der Waals surface area contributed by atoms with Crippen molar-refractivity contribution in [3.63, 3.8) is 0 Å². The lowest BCUT2D eigenvalue weighted by Gasteiger charge is -2.27. The van der Waals surface area contributed by atoms with Gasteiger partial charge < -0.3 is 10.1 Å². The predicted molar refractivity (Wildman–Crippen MR) is 91.8 cm³/mol. The fourth-order valence-corrected chi connectivity index (χ4v) is 3.14. The molecule has 25 heavy (non-hydrogen) atoms. The van der Waals surface area contributed by atoms with Gasteiger partial charge in [-0.15, -0.1) is 0 Å². The number of carbonyl (C=O) groups is 3. The molecule has 2 aliphatic heterocycles. The molecule has 0 spiro atoms. The van der Waals surface area contributed by atoms with E-state index in [-0.39, 0.29) is 12.3 Å². The van der Waals surface area contributed by atoms with Crippen LogP contribution in [0.25, 0.3) is 0 Å². The van der Waals surface area contributed by atoms with Gasteiger partial charge in [-0.3, -0.25) is 19.3 Å². The lowest BCUT2D eigenvalue weighted by molar-refractivity contribution is -0.117. The van der Waals surface area contributed by atoms with Gasteiger partial charge in [0.15, 0.2) is 12.0 Å². The lowest BCUT2D eigenvalue weighted by atomic mass is 9.98. The van der Waals surface area contributed by atoms with Gasteiger partial charge in [-0.2, -0.15) is 0 Å². The maximum absolute atomic E-state index is 12.8. The lowest BCUT2D eigenvalue weighted by Crippen LogP contribution is -2.42. The van der Waals surface area contributed by atoms with Crippen molar-refractivity contribution in [3.8, 4) is 0 Å². The summed E-state index contributed by atoms with van der Waals surface area (Å²) in [6, 6.07) is 6.59. The predicted octanol–water partition coefficient (Wildman–Crippen LogP) is 2.04. The molecule has 2 heterocycles. The normalized spacial score (nSPS) is 19.7. The number of allylic oxidation sites excluding steroid dienone is 3. The number of Topliss-reactive ketones (excluding diaryl/α,β-unsaturated/α-hetero) is 1. The standard InChI is InChI=1S/C19H20N2O4/c1-4-12-9-15(17(25-3)20-11(12)2)16(22)10-21-18(23)13-7-5-6-8-14(13)19(21)24/h5-9,17,20H,4,10H2,1-3H3. The van der Waals surface area contributed by atoms with Crippen LogP contribution in [0.1, 0.15) is 41.0 Å². The van der Waals surface area contributed by atoms with Gasteiger partial charge in [-0.25, -0.2) is 0 Å². The Bertz CT molecular complexity index is 787. The molecule has 6 heteroatoms. The van der Waals surface area contributed by atoms with Crippen molar-refractivity contribution >= 4 is 17.6 Å². The van der Waals surface area contributed by atoms with Crippen molar-refractivity contribution in [3.05, 3.63) is 58.3 Å². The first-order valence-corrected chi connectivity index (χ1v) is 8.17. The van der Waals surface area contributed by atoms with Crippen LogP contribution in [0.5, 0.6) is 0 Å². The van der Waals surface area contributed by atoms with Crippen LogP contribution in [0.4, 0.5) is 0 Å². The van der Waals surface area contributed by atoms with Gasteiger partial charge in [-0.05, 0) is 37.1 Å². The third-order valence-electron chi connectivity index (χ3n) is 4.56. The molecule has 1 N–H and O–H groups in total. The minimum Gasteiger partial charge on any atom is -0.360 e. The Hall–Kier alpha value is -2.73. The molecule has 0 saturated heterocycles. The Labute approximate surface area is 146 Å². The number of hydrogen-bond acceptors (Lipinski definition) is 5. The van der Waals surface area contributed by atoms with E-state index in [0.29, 0.717) is 16.7 Å². The van der Waals surface area contributed by atoms with Crippen LogP contribution in [0.2, 0.25) is 0 Å². The number of amides is 2. The molecular weight excluding hydrogens is 320 g/mol. The monoisotopic (exact) mass is 340 g/mol. The van der Waals surface area contributed by atoms with Crippen LogP contribution < -0.4 is 5.32 Å². The van der Waals surface area contributed by atoms with Gasteiger partial charge in [-0.1, -0.05) is 19.1 Å². The number of ketones is 1. The molecule has 0 radical (unpaired) electrons. The summed E-state index contributed by atoms with van der Waals surface area (Å²) in [5, 5.41) is 3.14. The Kier molecular flexibility index (Phi) is 4.55. The average molecular weight is 340 g/mol. The number of imide groups is 1. The third-order valence-corrected chi connectivity index (χ3v) is 4.56. The van der Waals surface area contributed by atoms with Crippen molar-refractivity contribution in [1.29, 1.82) is 0 Å². The van der Waals surface area contributed by atoms with Gasteiger partial charge in [0.1, 0.15) is 0 Å². The Morgan fingerprint density at radius 3 is 2.32 bits per heavy atom. The number of nitrogens with one attached hydrogen (secondary N) is 1. The molecule has 0 fully saturated rings. The molecule has 1 aromatic carbocycles. The highest BCUT2D eigenvalue weighted by Gasteiger charge is 2.37. The summed E-state index contributed by atoms with van der Waals surface area (Å²) in [7, 11) is 1.50. The summed E-state index contributed by atoms with van der Waals surface area (Å²) in [5.41, 5.74) is 3.04. The van der Waals surface area contributed by atoms with Gasteiger partial charge in [0.05, 0.1) is 17.7 Å². The highest BCUT2D eigenvalue weighted by molar-refractivity contribution is 6.23. The maximum Gasteiger partial charge on any atom is 0.261 e. The molecule has 130 valence electrons. The molecule has 1 atom stereocenters. The molecule has 1 unspecified atom stereocenters. The zero-order valence-corrected chi connectivity index (χ0v) is 14.5. The largest absolute Gasteiger partial charge is 0.360 e. The van der Waals surface area contributed by atoms with E-state index in [1.807, 2.05) is 13.8 Å². The number of ether oxygens (including phenoxy) is 1. The number of methoxy groups -OCH3 is 1. The van der Waals surface area contributed by atoms with Gasteiger partial charge >= 0.3 is 0 Å². The van der Waals surface area contributed by atoms with Crippen LogP contribution in [-0.4, -0.2) is 42.4 Å². The number of rotatable bonds is 5. The number of nitrogens with zero attached hydrogens (tertiary/aromatic N) is 1. The van der Waals surface area contributed by atoms with E-state index in [1.54, 1.807) is 30.3 Å². The topological polar surface area (TPSA) is 75.7 Å². The number of hydrogen-bond donors (Lipinski definition) is 1. The maximum atomic E-state index is 12.8. The highest BCUT2D eigenvalue weighted by Crippen LogP contribution is 2.25. The first kappa shape index (κ1) is 17.1. The fourth-order valence-electron chi connectivity index (χ4n) is 3.14. The third kappa shape index (κ3) is 2.89. The van der Waals surface area contributed by atoms with Gasteiger partial charge in [0, 0.05) is 18.4 Å². The van der Waals surface area contributed by atoms with Crippen molar-refractivity contribution < 1.29 is 19.1 Å². The van der Waals surface area contributed by atoms with E-state index >= 15 is 0 Å². The minimum absolute atomic E-state index is 0.296. The van der Waals surface area contributed by atoms with E-state index in [1.165, 1.54) is 7.11 Å². The van der Waals surface area contributed by atoms with Crippen molar-refractivity contribution in [2.75, 3.05) is 13.7 Å². The van der Waals surface area contributed by atoms with E-state index in [9.17, 15) is 14.4 Å². The molecule has 0 aromatic heterocycles. The molecule has 1 aromatic rings. The summed E-state index contributed by atoms with van der Waals surface area (Å²) in [4.78, 5) is 38.6. The summed E-state index contributed by atoms with van der Waals surface area (Å²) < 4.78 is 5.35. The molecule has 0 aliphatic carbocycles. The summed E-state index contributed by atoms with van der Waals surface area (Å²) >= 11 is 0. The van der Waals surface area contributed by atoms with E-state index in [2.05, 4.69) is 5.32 Å². The molecule has 6 nitrogen and oxygen atoms in total. The number of dihydropyridines is 1. The van der Waals surface area contributed by atoms with Crippen LogP contribution in [0.15, 0.2) is 47.2 Å². The van der Waals surface area contributed by atoms with E-state index < -0.39 is 18.0 Å². The second kappa shape index (κ2) is 6.64. The Balaban J connectivity index is 1.85. The number of carbonyl (C=O) groups excluding carboxylic acids is 3. The number of benzene rings is 1. The molecule has 2 amide bonds. The molecule has 2 aliphatic rings. The van der Waals surface area contributed by atoms with E-state index in [4.69, 9.17) is 4.74 Å². The molecule has 0 bridgehead atoms. The smallest absolute Gasteiger partial charge is 0.261 e. The summed E-state index contributed by atoms with van der Waals surface area (Å²) in [6.45, 7) is 3.62. The SMILES string of the molecule is CCC1=C(C)NC(OC)C(C(=O)CN2C(=O)c3ccccc3C2=O)=C1. The average Bonchev–Trinajstić information content (AvgIpc) is 2.86. The Morgan fingerprint density at radius 2 is 1.80 bits per heavy atom. The fraction of sp³-hybridized carbons (Fsp3) is 0.316. The second-order valence-corrected chi connectivity index (χ2v) is 6.03. The zero-order chi connectivity index (χ0) is 18.1. The molecular formula is C19H20N2O4. The molecule has 0 saturated carbocycles. The van der Waals surface area contributed by atoms with Gasteiger partial charge in [0.25, 0.3) is 11.8 Å². The van der Waals surface area contributed by atoms with Crippen LogP contribution in [-0.2, 0) is 9.53 Å². The van der Waals surface area contributed by atoms with Crippen LogP contribution in [0.3, 0.4) is 0 Å². The van der Waals surface area contributed by atoms with Crippen LogP contribution >= 0.6 is 0 Å². The minimum atomic E-state index is -0.585. The first-order chi connectivity index (χ1) is 12.0. The quantitative estimate of drug-likeness (QED) is 0.830.